The average molecular weight is 325 g/mol. The molecule has 4 nitrogen and oxygen atoms in total. The number of aromatic nitrogens is 2. The van der Waals surface area contributed by atoms with Crippen LogP contribution in [0.5, 0.6) is 0 Å². The van der Waals surface area contributed by atoms with Crippen LogP contribution in [0.2, 0.25) is 0 Å². The molecule has 1 saturated carbocycles. The van der Waals surface area contributed by atoms with Crippen LogP contribution in [0, 0.1) is 0 Å². The van der Waals surface area contributed by atoms with Crippen molar-refractivity contribution in [2.45, 2.75) is 36.1 Å². The van der Waals surface area contributed by atoms with Crippen molar-refractivity contribution in [1.82, 2.24) is 9.97 Å². The Kier molecular flexibility index (Phi) is 3.27. The van der Waals surface area contributed by atoms with Gasteiger partial charge in [-0.2, -0.15) is 0 Å². The van der Waals surface area contributed by atoms with E-state index in [9.17, 15) is 4.79 Å². The number of imidazole rings is 1. The lowest BCUT2D eigenvalue weighted by atomic mass is 9.76. The molecule has 1 aromatic heterocycles. The number of aromatic amines is 2. The van der Waals surface area contributed by atoms with E-state index >= 15 is 0 Å². The lowest BCUT2D eigenvalue weighted by Crippen LogP contribution is -2.39. The van der Waals surface area contributed by atoms with E-state index in [1.165, 1.54) is 12.0 Å². The Labute approximate surface area is 119 Å². The summed E-state index contributed by atoms with van der Waals surface area (Å²) in [5.41, 5.74) is 2.75. The number of ether oxygens (including phenoxy) is 1. The Morgan fingerprint density at radius 1 is 1.37 bits per heavy atom. The minimum Gasteiger partial charge on any atom is -0.378 e. The molecule has 1 heterocycles. The van der Waals surface area contributed by atoms with Gasteiger partial charge in [0.1, 0.15) is 0 Å². The standard InChI is InChI=1S/C14H17BrN2O2/c1-19-14(5-2-6-14)8-10(15)9-3-4-11-12(7-9)17-13(18)16-11/h3-4,7,10H,2,5-6,8H2,1H3,(H2,16,17,18). The molecule has 0 radical (unpaired) electrons. The number of halogens is 1. The van der Waals surface area contributed by atoms with Crippen LogP contribution in [-0.2, 0) is 4.74 Å². The zero-order chi connectivity index (χ0) is 13.5. The van der Waals surface area contributed by atoms with E-state index in [2.05, 4.69) is 25.9 Å². The molecule has 0 amide bonds. The maximum atomic E-state index is 11.3. The third-order valence-corrected chi connectivity index (χ3v) is 5.00. The van der Waals surface area contributed by atoms with Crippen molar-refractivity contribution in [2.75, 3.05) is 7.11 Å². The summed E-state index contributed by atoms with van der Waals surface area (Å²) in [5.74, 6) is 0. The number of rotatable bonds is 4. The van der Waals surface area contributed by atoms with Gasteiger partial charge in [-0.1, -0.05) is 22.0 Å². The fourth-order valence-electron chi connectivity index (χ4n) is 2.75. The van der Waals surface area contributed by atoms with Crippen LogP contribution in [0.25, 0.3) is 11.0 Å². The number of benzene rings is 1. The summed E-state index contributed by atoms with van der Waals surface area (Å²) >= 11 is 3.75. The van der Waals surface area contributed by atoms with Crippen LogP contribution >= 0.6 is 15.9 Å². The molecule has 1 fully saturated rings. The second-order valence-electron chi connectivity index (χ2n) is 5.30. The van der Waals surface area contributed by atoms with Crippen molar-refractivity contribution in [3.63, 3.8) is 0 Å². The molecule has 3 rings (SSSR count). The number of nitrogens with one attached hydrogen (secondary N) is 2. The summed E-state index contributed by atoms with van der Waals surface area (Å²) in [6.07, 6.45) is 4.48. The van der Waals surface area contributed by atoms with Crippen LogP contribution in [-0.4, -0.2) is 22.7 Å². The average Bonchev–Trinajstić information content (AvgIpc) is 2.72. The number of hydrogen-bond donors (Lipinski definition) is 2. The van der Waals surface area contributed by atoms with E-state index in [1.807, 2.05) is 18.2 Å². The van der Waals surface area contributed by atoms with Gasteiger partial charge in [0.25, 0.3) is 0 Å². The first-order valence-corrected chi connectivity index (χ1v) is 7.45. The van der Waals surface area contributed by atoms with Crippen LogP contribution in [0.4, 0.5) is 0 Å². The quantitative estimate of drug-likeness (QED) is 0.848. The number of H-pyrrole nitrogens is 2. The van der Waals surface area contributed by atoms with Gasteiger partial charge in [-0.3, -0.25) is 0 Å². The van der Waals surface area contributed by atoms with Crippen molar-refractivity contribution in [2.24, 2.45) is 0 Å². The van der Waals surface area contributed by atoms with Crippen LogP contribution in [0.3, 0.4) is 0 Å². The van der Waals surface area contributed by atoms with E-state index in [0.29, 0.717) is 0 Å². The van der Waals surface area contributed by atoms with Crippen LogP contribution in [0.15, 0.2) is 23.0 Å². The van der Waals surface area contributed by atoms with Gasteiger partial charge in [-0.25, -0.2) is 4.79 Å². The number of methoxy groups -OCH3 is 1. The first-order chi connectivity index (χ1) is 9.12. The first-order valence-electron chi connectivity index (χ1n) is 6.53. The molecule has 0 saturated heterocycles. The first kappa shape index (κ1) is 12.9. The summed E-state index contributed by atoms with van der Waals surface area (Å²) in [5, 5.41) is 0. The van der Waals surface area contributed by atoms with Crippen molar-refractivity contribution in [1.29, 1.82) is 0 Å². The third-order valence-electron chi connectivity index (χ3n) is 4.15. The van der Waals surface area contributed by atoms with E-state index in [-0.39, 0.29) is 16.1 Å². The Morgan fingerprint density at radius 3 is 2.74 bits per heavy atom. The molecule has 2 N–H and O–H groups in total. The number of hydrogen-bond acceptors (Lipinski definition) is 2. The minimum absolute atomic E-state index is 0.0364. The molecule has 0 bridgehead atoms. The summed E-state index contributed by atoms with van der Waals surface area (Å²) in [7, 11) is 1.80. The van der Waals surface area contributed by atoms with E-state index in [4.69, 9.17) is 4.74 Å². The normalized spacial score (nSPS) is 19.3. The molecule has 1 atom stereocenters. The second-order valence-corrected chi connectivity index (χ2v) is 6.40. The van der Waals surface area contributed by atoms with Gasteiger partial charge in [-0.05, 0) is 43.4 Å². The van der Waals surface area contributed by atoms with Gasteiger partial charge >= 0.3 is 5.69 Å². The fraction of sp³-hybridized carbons (Fsp3) is 0.500. The third kappa shape index (κ3) is 2.37. The molecule has 0 spiro atoms. The summed E-state index contributed by atoms with van der Waals surface area (Å²) < 4.78 is 5.66. The summed E-state index contributed by atoms with van der Waals surface area (Å²) in [6.45, 7) is 0. The SMILES string of the molecule is COC1(CC(Br)c2ccc3[nH]c(=O)[nH]c3c2)CCC1. The largest absolute Gasteiger partial charge is 0.378 e. The van der Waals surface area contributed by atoms with Gasteiger partial charge < -0.3 is 14.7 Å². The topological polar surface area (TPSA) is 57.9 Å². The fourth-order valence-corrected chi connectivity index (χ4v) is 3.63. The predicted octanol–water partition coefficient (Wildman–Crippen LogP) is 3.25. The molecule has 5 heteroatoms. The highest BCUT2D eigenvalue weighted by molar-refractivity contribution is 9.09. The minimum atomic E-state index is -0.161. The van der Waals surface area contributed by atoms with Crippen molar-refractivity contribution < 1.29 is 4.74 Å². The predicted molar refractivity (Wildman–Crippen MR) is 78.8 cm³/mol. The van der Waals surface area contributed by atoms with Gasteiger partial charge in [0, 0.05) is 11.9 Å². The molecule has 102 valence electrons. The molecule has 0 aliphatic heterocycles. The Hall–Kier alpha value is -1.07. The maximum absolute atomic E-state index is 11.3. The highest BCUT2D eigenvalue weighted by Crippen LogP contribution is 2.44. The lowest BCUT2D eigenvalue weighted by molar-refractivity contribution is -0.0773. The van der Waals surface area contributed by atoms with Crippen molar-refractivity contribution in [3.05, 3.63) is 34.2 Å². The van der Waals surface area contributed by atoms with Crippen molar-refractivity contribution >= 4 is 27.0 Å². The zero-order valence-electron chi connectivity index (χ0n) is 10.8. The highest BCUT2D eigenvalue weighted by Gasteiger charge is 2.38. The lowest BCUT2D eigenvalue weighted by Gasteiger charge is -2.42. The molecule has 2 aromatic rings. The van der Waals surface area contributed by atoms with Gasteiger partial charge in [0.15, 0.2) is 0 Å². The zero-order valence-corrected chi connectivity index (χ0v) is 12.4. The molecular formula is C14H17BrN2O2. The van der Waals surface area contributed by atoms with Gasteiger partial charge in [-0.15, -0.1) is 0 Å². The summed E-state index contributed by atoms with van der Waals surface area (Å²) in [4.78, 5) is 17.1. The van der Waals surface area contributed by atoms with E-state index in [1.54, 1.807) is 7.11 Å². The Bertz CT molecular complexity index is 637. The smallest absolute Gasteiger partial charge is 0.323 e. The van der Waals surface area contributed by atoms with E-state index < -0.39 is 0 Å². The van der Waals surface area contributed by atoms with Gasteiger partial charge in [0.05, 0.1) is 16.6 Å². The maximum Gasteiger partial charge on any atom is 0.323 e. The molecule has 1 aliphatic rings. The molecule has 1 unspecified atom stereocenters. The second kappa shape index (κ2) is 4.80. The molecule has 1 aromatic carbocycles. The van der Waals surface area contributed by atoms with E-state index in [0.717, 1.165) is 30.3 Å². The van der Waals surface area contributed by atoms with Crippen LogP contribution in [0.1, 0.15) is 36.1 Å². The number of fused-ring (bicyclic) bond motifs is 1. The number of alkyl halides is 1. The highest BCUT2D eigenvalue weighted by atomic mass is 79.9. The van der Waals surface area contributed by atoms with Crippen molar-refractivity contribution in [3.8, 4) is 0 Å². The Balaban J connectivity index is 1.84. The summed E-state index contributed by atoms with van der Waals surface area (Å²) in [6, 6.07) is 6.01. The molecule has 19 heavy (non-hydrogen) atoms. The van der Waals surface area contributed by atoms with Gasteiger partial charge in [0.2, 0.25) is 0 Å². The molecular weight excluding hydrogens is 308 g/mol. The monoisotopic (exact) mass is 324 g/mol. The van der Waals surface area contributed by atoms with Crippen LogP contribution < -0.4 is 5.69 Å². The molecule has 1 aliphatic carbocycles. The Morgan fingerprint density at radius 2 is 2.11 bits per heavy atom.